The summed E-state index contributed by atoms with van der Waals surface area (Å²) in [5.74, 6) is -8.96. The monoisotopic (exact) mass is 450 g/mol. The van der Waals surface area contributed by atoms with Gasteiger partial charge in [0.05, 0.1) is 5.92 Å². The number of aliphatic hydroxyl groups excluding tert-OH is 1. The molecule has 0 saturated carbocycles. The van der Waals surface area contributed by atoms with Gasteiger partial charge < -0.3 is 24.8 Å². The lowest BCUT2D eigenvalue weighted by Crippen LogP contribution is -2.48. The first-order valence-corrected chi connectivity index (χ1v) is 9.78. The number of hydrogen-bond donors (Lipinski definition) is 2. The minimum Gasteiger partial charge on any atom is -0.485 e. The van der Waals surface area contributed by atoms with Crippen molar-refractivity contribution in [2.45, 2.75) is 45.3 Å². The molecule has 1 aliphatic rings. The Morgan fingerprint density at radius 1 is 1.23 bits per heavy atom. The molecule has 1 fully saturated rings. The molecule has 2 amide bonds. The predicted octanol–water partition coefficient (Wildman–Crippen LogP) is 2.75. The molecule has 1 heterocycles. The lowest BCUT2D eigenvalue weighted by atomic mass is 9.97. The molecule has 0 aromatic heterocycles. The predicted molar refractivity (Wildman–Crippen MR) is 101 cm³/mol. The van der Waals surface area contributed by atoms with Crippen molar-refractivity contribution >= 4 is 12.0 Å². The van der Waals surface area contributed by atoms with Gasteiger partial charge in [0, 0.05) is 25.7 Å². The third kappa shape index (κ3) is 6.98. The molecule has 2 N–H and O–H groups in total. The minimum atomic E-state index is -1.72. The Kier molecular flexibility index (Phi) is 8.10. The molecule has 2 atom stereocenters. The number of likely N-dealkylation sites (tertiary alicyclic amines) is 1. The van der Waals surface area contributed by atoms with Gasteiger partial charge in [-0.3, -0.25) is 4.79 Å². The van der Waals surface area contributed by atoms with Crippen molar-refractivity contribution in [3.05, 3.63) is 29.3 Å². The fraction of sp³-hybridized carbons (Fsp3) is 0.600. The third-order valence-corrected chi connectivity index (χ3v) is 4.45. The van der Waals surface area contributed by atoms with E-state index in [9.17, 15) is 32.3 Å². The van der Waals surface area contributed by atoms with E-state index >= 15 is 0 Å². The summed E-state index contributed by atoms with van der Waals surface area (Å²) in [7, 11) is 0. The van der Waals surface area contributed by atoms with E-state index in [-0.39, 0.29) is 19.2 Å². The Morgan fingerprint density at radius 2 is 1.84 bits per heavy atom. The van der Waals surface area contributed by atoms with Gasteiger partial charge >= 0.3 is 6.09 Å². The average Bonchev–Trinajstić information content (AvgIpc) is 2.69. The van der Waals surface area contributed by atoms with Crippen LogP contribution in [0.25, 0.3) is 0 Å². The molecule has 1 saturated heterocycles. The number of nitrogens with one attached hydrogen (secondary N) is 1. The molecule has 31 heavy (non-hydrogen) atoms. The van der Waals surface area contributed by atoms with E-state index in [2.05, 4.69) is 10.1 Å². The van der Waals surface area contributed by atoms with Crippen molar-refractivity contribution in [3.8, 4) is 5.75 Å². The zero-order valence-electron chi connectivity index (χ0n) is 17.5. The van der Waals surface area contributed by atoms with Crippen molar-refractivity contribution in [2.75, 3.05) is 26.2 Å². The topological polar surface area (TPSA) is 88.1 Å². The van der Waals surface area contributed by atoms with Crippen LogP contribution in [0.5, 0.6) is 5.75 Å². The van der Waals surface area contributed by atoms with Crippen LogP contribution in [0.2, 0.25) is 0 Å². The fourth-order valence-corrected chi connectivity index (χ4v) is 2.96. The van der Waals surface area contributed by atoms with Crippen LogP contribution in [-0.4, -0.2) is 60.0 Å². The summed E-state index contributed by atoms with van der Waals surface area (Å²) in [4.78, 5) is 26.0. The normalized spacial score (nSPS) is 17.8. The molecule has 1 unspecified atom stereocenters. The van der Waals surface area contributed by atoms with Crippen LogP contribution in [0.15, 0.2) is 6.07 Å². The van der Waals surface area contributed by atoms with Crippen LogP contribution < -0.4 is 10.1 Å². The quantitative estimate of drug-likeness (QED) is 0.514. The van der Waals surface area contributed by atoms with E-state index in [0.717, 1.165) is 0 Å². The molecule has 0 spiro atoms. The number of rotatable bonds is 6. The van der Waals surface area contributed by atoms with Gasteiger partial charge in [-0.05, 0) is 33.6 Å². The summed E-state index contributed by atoms with van der Waals surface area (Å²) in [5.41, 5.74) is -0.667. The first-order chi connectivity index (χ1) is 14.4. The second kappa shape index (κ2) is 10.2. The Labute approximate surface area is 177 Å². The van der Waals surface area contributed by atoms with Crippen LogP contribution in [0.1, 0.15) is 33.6 Å². The molecule has 7 nitrogen and oxygen atoms in total. The number of benzene rings is 1. The fourth-order valence-electron chi connectivity index (χ4n) is 2.96. The van der Waals surface area contributed by atoms with E-state index in [1.165, 1.54) is 4.90 Å². The van der Waals surface area contributed by atoms with Crippen molar-refractivity contribution in [1.29, 1.82) is 0 Å². The molecule has 0 aliphatic carbocycles. The number of piperidine rings is 1. The summed E-state index contributed by atoms with van der Waals surface area (Å²) in [6.45, 7) is 4.76. The van der Waals surface area contributed by atoms with Gasteiger partial charge in [-0.15, -0.1) is 0 Å². The molecule has 1 aromatic carbocycles. The first-order valence-electron chi connectivity index (χ1n) is 9.78. The number of carbonyl (C=O) groups is 2. The standard InChI is InChI=1S/C20H26F4N2O5/c1-20(2,3)31-19(29)26-6-4-5-11(9-26)18(28)25-8-12(27)10-30-17-15(23)13(21)7-14(22)16(17)24/h7,11-12,27H,4-6,8-10H2,1-3H3,(H,25,28)/t11-,12?/m0/s1. The lowest BCUT2D eigenvalue weighted by Gasteiger charge is -2.33. The number of ether oxygens (including phenoxy) is 2. The van der Waals surface area contributed by atoms with E-state index in [1.54, 1.807) is 20.8 Å². The van der Waals surface area contributed by atoms with Crippen LogP contribution in [0.3, 0.4) is 0 Å². The number of aliphatic hydroxyl groups is 1. The van der Waals surface area contributed by atoms with Crippen molar-refractivity contribution in [1.82, 2.24) is 10.2 Å². The Balaban J connectivity index is 1.84. The van der Waals surface area contributed by atoms with E-state index in [0.29, 0.717) is 19.4 Å². The second-order valence-corrected chi connectivity index (χ2v) is 8.27. The van der Waals surface area contributed by atoms with Crippen molar-refractivity contribution < 1.29 is 41.7 Å². The maximum absolute atomic E-state index is 13.6. The number of hydrogen-bond acceptors (Lipinski definition) is 5. The number of halogens is 4. The zero-order valence-corrected chi connectivity index (χ0v) is 17.5. The Hall–Kier alpha value is -2.56. The minimum absolute atomic E-state index is 0.0406. The molecular formula is C20H26F4N2O5. The highest BCUT2D eigenvalue weighted by Gasteiger charge is 2.31. The van der Waals surface area contributed by atoms with Crippen LogP contribution in [0, 0.1) is 29.2 Å². The highest BCUT2D eigenvalue weighted by Crippen LogP contribution is 2.26. The number of nitrogens with zero attached hydrogens (tertiary/aromatic N) is 1. The second-order valence-electron chi connectivity index (χ2n) is 8.27. The van der Waals surface area contributed by atoms with E-state index < -0.39 is 65.2 Å². The Bertz CT molecular complexity index is 789. The summed E-state index contributed by atoms with van der Waals surface area (Å²) in [6.07, 6.45) is -0.812. The summed E-state index contributed by atoms with van der Waals surface area (Å²) < 4.78 is 63.4. The van der Waals surface area contributed by atoms with Crippen molar-refractivity contribution in [2.24, 2.45) is 5.92 Å². The smallest absolute Gasteiger partial charge is 0.410 e. The van der Waals surface area contributed by atoms with Crippen LogP contribution >= 0.6 is 0 Å². The van der Waals surface area contributed by atoms with E-state index in [4.69, 9.17) is 4.74 Å². The van der Waals surface area contributed by atoms with E-state index in [1.807, 2.05) is 0 Å². The van der Waals surface area contributed by atoms with Gasteiger partial charge in [0.15, 0.2) is 17.4 Å². The maximum atomic E-state index is 13.6. The first kappa shape index (κ1) is 24.7. The third-order valence-electron chi connectivity index (χ3n) is 4.45. The maximum Gasteiger partial charge on any atom is 0.410 e. The molecule has 1 aliphatic heterocycles. The summed E-state index contributed by atoms with van der Waals surface area (Å²) in [5, 5.41) is 12.4. The summed E-state index contributed by atoms with van der Waals surface area (Å²) >= 11 is 0. The number of carbonyl (C=O) groups excluding carboxylic acids is 2. The van der Waals surface area contributed by atoms with Crippen molar-refractivity contribution in [3.63, 3.8) is 0 Å². The zero-order chi connectivity index (χ0) is 23.3. The Morgan fingerprint density at radius 3 is 2.42 bits per heavy atom. The molecule has 0 bridgehead atoms. The molecule has 11 heteroatoms. The number of amides is 2. The summed E-state index contributed by atoms with van der Waals surface area (Å²) in [6, 6.07) is 0.0406. The van der Waals surface area contributed by atoms with Gasteiger partial charge in [-0.1, -0.05) is 0 Å². The average molecular weight is 450 g/mol. The highest BCUT2D eigenvalue weighted by molar-refractivity contribution is 5.80. The molecule has 1 aromatic rings. The van der Waals surface area contributed by atoms with Gasteiger partial charge in [-0.2, -0.15) is 8.78 Å². The molecular weight excluding hydrogens is 424 g/mol. The van der Waals surface area contributed by atoms with Gasteiger partial charge in [0.1, 0.15) is 18.3 Å². The SMILES string of the molecule is CC(C)(C)OC(=O)N1CCC[C@H](C(=O)NCC(O)COc2c(F)c(F)cc(F)c2F)C1. The van der Waals surface area contributed by atoms with Gasteiger partial charge in [-0.25, -0.2) is 13.6 Å². The van der Waals surface area contributed by atoms with Crippen LogP contribution in [0.4, 0.5) is 22.4 Å². The van der Waals surface area contributed by atoms with Crippen LogP contribution in [-0.2, 0) is 9.53 Å². The lowest BCUT2D eigenvalue weighted by molar-refractivity contribution is -0.127. The molecule has 174 valence electrons. The highest BCUT2D eigenvalue weighted by atomic mass is 19.2. The largest absolute Gasteiger partial charge is 0.485 e. The van der Waals surface area contributed by atoms with Gasteiger partial charge in [0.2, 0.25) is 17.5 Å². The van der Waals surface area contributed by atoms with Gasteiger partial charge in [0.25, 0.3) is 0 Å². The molecule has 2 rings (SSSR count). The molecule has 0 radical (unpaired) electrons.